The van der Waals surface area contributed by atoms with Crippen molar-refractivity contribution < 1.29 is 18.7 Å². The second kappa shape index (κ2) is 10.3. The summed E-state index contributed by atoms with van der Waals surface area (Å²) in [6.07, 6.45) is 1.62. The predicted molar refractivity (Wildman–Crippen MR) is 130 cm³/mol. The largest absolute Gasteiger partial charge is 0.497 e. The van der Waals surface area contributed by atoms with Gasteiger partial charge in [-0.15, -0.1) is 0 Å². The Balaban J connectivity index is 1.77. The minimum atomic E-state index is -0.172. The molecule has 7 heteroatoms. The molecule has 176 valence electrons. The molecule has 0 aliphatic rings. The summed E-state index contributed by atoms with van der Waals surface area (Å²) >= 11 is 0. The maximum absolute atomic E-state index is 13.2. The monoisotopic (exact) mass is 459 g/mol. The molecular weight excluding hydrogens is 430 g/mol. The van der Waals surface area contributed by atoms with Gasteiger partial charge >= 0.3 is 0 Å². The van der Waals surface area contributed by atoms with Crippen molar-refractivity contribution in [2.75, 3.05) is 7.11 Å². The van der Waals surface area contributed by atoms with Gasteiger partial charge in [0.15, 0.2) is 0 Å². The second-order valence-electron chi connectivity index (χ2n) is 8.33. The van der Waals surface area contributed by atoms with Crippen LogP contribution in [0.25, 0.3) is 11.3 Å². The highest BCUT2D eigenvalue weighted by atomic mass is 16.5. The molecule has 0 unspecified atom stereocenters. The van der Waals surface area contributed by atoms with Gasteiger partial charge in [-0.3, -0.25) is 4.79 Å². The number of furan rings is 1. The zero-order valence-corrected chi connectivity index (χ0v) is 19.9. The molecule has 0 radical (unpaired) electrons. The Bertz CT molecular complexity index is 1230. The van der Waals surface area contributed by atoms with Crippen molar-refractivity contribution in [3.63, 3.8) is 0 Å². The van der Waals surface area contributed by atoms with Gasteiger partial charge in [0.1, 0.15) is 23.0 Å². The fourth-order valence-corrected chi connectivity index (χ4v) is 3.79. The van der Waals surface area contributed by atoms with Gasteiger partial charge in [-0.2, -0.15) is 5.10 Å². The highest BCUT2D eigenvalue weighted by molar-refractivity contribution is 5.78. The summed E-state index contributed by atoms with van der Waals surface area (Å²) in [5, 5.41) is 4.77. The molecule has 34 heavy (non-hydrogen) atoms. The third-order valence-corrected chi connectivity index (χ3v) is 5.47. The first-order valence-electron chi connectivity index (χ1n) is 11.2. The van der Waals surface area contributed by atoms with Crippen LogP contribution in [-0.4, -0.2) is 27.7 Å². The van der Waals surface area contributed by atoms with Crippen LogP contribution < -0.4 is 9.47 Å². The summed E-state index contributed by atoms with van der Waals surface area (Å²) in [6.45, 7) is 4.46. The smallest absolute Gasteiger partial charge is 0.225 e. The van der Waals surface area contributed by atoms with Crippen LogP contribution in [0.1, 0.15) is 25.2 Å². The molecule has 0 aliphatic heterocycles. The number of rotatable bonds is 9. The molecule has 4 rings (SSSR count). The third-order valence-electron chi connectivity index (χ3n) is 5.47. The van der Waals surface area contributed by atoms with E-state index in [2.05, 4.69) is 0 Å². The number of ether oxygens (including phenoxy) is 2. The number of methoxy groups -OCH3 is 1. The normalized spacial score (nSPS) is 11.0. The highest BCUT2D eigenvalue weighted by Crippen LogP contribution is 2.35. The molecule has 7 nitrogen and oxygen atoms in total. The van der Waals surface area contributed by atoms with E-state index in [0.717, 1.165) is 22.6 Å². The quantitative estimate of drug-likeness (QED) is 0.323. The molecular formula is C27H29N3O4. The Kier molecular flexibility index (Phi) is 7.01. The van der Waals surface area contributed by atoms with Crippen molar-refractivity contribution in [2.24, 2.45) is 13.0 Å². The van der Waals surface area contributed by atoms with E-state index in [0.29, 0.717) is 30.5 Å². The van der Waals surface area contributed by atoms with Gasteiger partial charge in [0.05, 0.1) is 32.0 Å². The minimum Gasteiger partial charge on any atom is -0.497 e. The van der Waals surface area contributed by atoms with E-state index in [4.69, 9.17) is 19.0 Å². The van der Waals surface area contributed by atoms with E-state index in [-0.39, 0.29) is 11.8 Å². The van der Waals surface area contributed by atoms with Crippen LogP contribution in [0.2, 0.25) is 0 Å². The number of carbonyl (C=O) groups is 1. The SMILES string of the molecule is COc1cccc(Oc2c(CN(Cc3ccco3)C(=O)C(C)C)c(-c3ccccc3)nn2C)c1. The van der Waals surface area contributed by atoms with Gasteiger partial charge in [-0.05, 0) is 24.3 Å². The lowest BCUT2D eigenvalue weighted by atomic mass is 10.1. The molecule has 0 atom stereocenters. The molecule has 0 saturated carbocycles. The molecule has 0 saturated heterocycles. The highest BCUT2D eigenvalue weighted by Gasteiger charge is 2.26. The van der Waals surface area contributed by atoms with E-state index in [1.54, 1.807) is 23.0 Å². The van der Waals surface area contributed by atoms with Gasteiger partial charge in [-0.25, -0.2) is 4.68 Å². The summed E-state index contributed by atoms with van der Waals surface area (Å²) in [5.41, 5.74) is 2.53. The molecule has 0 N–H and O–H groups in total. The first kappa shape index (κ1) is 23.2. The van der Waals surface area contributed by atoms with Crippen LogP contribution in [0.4, 0.5) is 0 Å². The van der Waals surface area contributed by atoms with E-state index in [1.165, 1.54) is 0 Å². The number of aromatic nitrogens is 2. The van der Waals surface area contributed by atoms with Crippen LogP contribution in [0, 0.1) is 5.92 Å². The number of benzene rings is 2. The molecule has 1 amide bonds. The average Bonchev–Trinajstić information content (AvgIpc) is 3.47. The fourth-order valence-electron chi connectivity index (χ4n) is 3.79. The maximum Gasteiger partial charge on any atom is 0.225 e. The van der Waals surface area contributed by atoms with Crippen molar-refractivity contribution in [3.8, 4) is 28.6 Å². The lowest BCUT2D eigenvalue weighted by Gasteiger charge is -2.24. The van der Waals surface area contributed by atoms with Crippen LogP contribution in [0.5, 0.6) is 17.4 Å². The average molecular weight is 460 g/mol. The van der Waals surface area contributed by atoms with E-state index in [1.807, 2.05) is 87.6 Å². The number of carbonyl (C=O) groups excluding carboxylic acids is 1. The van der Waals surface area contributed by atoms with Crippen LogP contribution in [-0.2, 0) is 24.9 Å². The summed E-state index contributed by atoms with van der Waals surface area (Å²) < 4.78 is 18.9. The van der Waals surface area contributed by atoms with Gasteiger partial charge in [0.2, 0.25) is 11.8 Å². The Hall–Kier alpha value is -4.00. The third kappa shape index (κ3) is 5.14. The first-order chi connectivity index (χ1) is 16.5. The van der Waals surface area contributed by atoms with Crippen molar-refractivity contribution in [3.05, 3.63) is 84.3 Å². The zero-order chi connectivity index (χ0) is 24.1. The lowest BCUT2D eigenvalue weighted by Crippen LogP contribution is -2.33. The van der Waals surface area contributed by atoms with E-state index in [9.17, 15) is 4.79 Å². The standard InChI is InChI=1S/C27H29N3O4/c1-19(2)26(31)30(17-23-14-9-15-33-23)18-24-25(20-10-6-5-7-11-20)28-29(3)27(24)34-22-13-8-12-21(16-22)32-4/h5-16,19H,17-18H2,1-4H3. The van der Waals surface area contributed by atoms with E-state index < -0.39 is 0 Å². The number of amides is 1. The molecule has 2 aromatic heterocycles. The van der Waals surface area contributed by atoms with Crippen LogP contribution in [0.3, 0.4) is 0 Å². The molecule has 0 bridgehead atoms. The first-order valence-corrected chi connectivity index (χ1v) is 11.2. The molecule has 0 spiro atoms. The molecule has 4 aromatic rings. The van der Waals surface area contributed by atoms with Crippen molar-refractivity contribution in [2.45, 2.75) is 26.9 Å². The molecule has 0 fully saturated rings. The molecule has 0 aliphatic carbocycles. The Morgan fingerprint density at radius 3 is 2.47 bits per heavy atom. The van der Waals surface area contributed by atoms with Crippen molar-refractivity contribution >= 4 is 5.91 Å². The Morgan fingerprint density at radius 1 is 1.03 bits per heavy atom. The zero-order valence-electron chi connectivity index (χ0n) is 19.9. The number of hydrogen-bond donors (Lipinski definition) is 0. The summed E-state index contributed by atoms with van der Waals surface area (Å²) in [5.74, 6) is 2.44. The topological polar surface area (TPSA) is 69.7 Å². The number of hydrogen-bond acceptors (Lipinski definition) is 5. The maximum atomic E-state index is 13.2. The van der Waals surface area contributed by atoms with Gasteiger partial charge < -0.3 is 18.8 Å². The van der Waals surface area contributed by atoms with Crippen molar-refractivity contribution in [1.29, 1.82) is 0 Å². The number of nitrogens with zero attached hydrogens (tertiary/aromatic N) is 3. The summed E-state index contributed by atoms with van der Waals surface area (Å²) in [6, 6.07) is 21.0. The van der Waals surface area contributed by atoms with Gasteiger partial charge in [-0.1, -0.05) is 50.2 Å². The summed E-state index contributed by atoms with van der Waals surface area (Å²) in [4.78, 5) is 15.0. The van der Waals surface area contributed by atoms with Crippen molar-refractivity contribution in [1.82, 2.24) is 14.7 Å². The van der Waals surface area contributed by atoms with Crippen LogP contribution >= 0.6 is 0 Å². The second-order valence-corrected chi connectivity index (χ2v) is 8.33. The molecule has 2 heterocycles. The minimum absolute atomic E-state index is 0.0200. The Labute approximate surface area is 199 Å². The Morgan fingerprint density at radius 2 is 1.79 bits per heavy atom. The molecule has 2 aromatic carbocycles. The van der Waals surface area contributed by atoms with Gasteiger partial charge in [0.25, 0.3) is 0 Å². The summed E-state index contributed by atoms with van der Waals surface area (Å²) in [7, 11) is 3.46. The predicted octanol–water partition coefficient (Wildman–Crippen LogP) is 5.67. The van der Waals surface area contributed by atoms with Gasteiger partial charge in [0, 0.05) is 24.6 Å². The van der Waals surface area contributed by atoms with E-state index >= 15 is 0 Å². The fraction of sp³-hybridized carbons (Fsp3) is 0.259. The lowest BCUT2D eigenvalue weighted by molar-refractivity contribution is -0.136. The number of aryl methyl sites for hydroxylation is 1. The van der Waals surface area contributed by atoms with Crippen LogP contribution in [0.15, 0.2) is 77.4 Å².